The summed E-state index contributed by atoms with van der Waals surface area (Å²) in [6, 6.07) is 4.07. The fraction of sp³-hybridized carbons (Fsp3) is 0.818. The van der Waals surface area contributed by atoms with Crippen LogP contribution in [0.2, 0.25) is 0 Å². The maximum atomic E-state index is 13.2. The Hall–Kier alpha value is -0.300. The molecule has 5 fully saturated rings. The van der Waals surface area contributed by atoms with Gasteiger partial charge < -0.3 is 0 Å². The summed E-state index contributed by atoms with van der Waals surface area (Å²) in [4.78, 5) is 0. The number of hydrogen-bond acceptors (Lipinski definition) is 6. The minimum Gasteiger partial charge on any atom is -0.192 e. The molecule has 10 atom stereocenters. The van der Waals surface area contributed by atoms with E-state index >= 15 is 0 Å². The van der Waals surface area contributed by atoms with Gasteiger partial charge in [-0.3, -0.25) is 0 Å². The van der Waals surface area contributed by atoms with Crippen LogP contribution in [0.5, 0.6) is 0 Å². The van der Waals surface area contributed by atoms with Crippen molar-refractivity contribution >= 4 is 47.0 Å². The van der Waals surface area contributed by atoms with Gasteiger partial charge in [-0.1, -0.05) is 0 Å². The smallest absolute Gasteiger partial charge is 0.192 e. The van der Waals surface area contributed by atoms with Crippen LogP contribution in [0.4, 0.5) is 26.3 Å². The summed E-state index contributed by atoms with van der Waals surface area (Å²) in [6.07, 6.45) is -5.80. The van der Waals surface area contributed by atoms with Crippen molar-refractivity contribution in [2.24, 2.45) is 11.8 Å². The van der Waals surface area contributed by atoms with Gasteiger partial charge in [-0.2, -0.15) is 60.4 Å². The summed E-state index contributed by atoms with van der Waals surface area (Å²) < 4.78 is 79.2. The number of nitriles is 2. The highest BCUT2D eigenvalue weighted by Crippen LogP contribution is 2.65. The van der Waals surface area contributed by atoms with Gasteiger partial charge in [0, 0.05) is 31.5 Å². The monoisotopic (exact) mass is 556 g/mol. The van der Waals surface area contributed by atoms with Crippen LogP contribution in [-0.2, 0) is 0 Å². The highest BCUT2D eigenvalue weighted by molar-refractivity contribution is 8.07. The van der Waals surface area contributed by atoms with Crippen LogP contribution in [-0.4, -0.2) is 54.4 Å². The Labute approximate surface area is 211 Å². The van der Waals surface area contributed by atoms with Crippen molar-refractivity contribution < 1.29 is 26.3 Å². The van der Waals surface area contributed by atoms with Crippen molar-refractivity contribution in [3.05, 3.63) is 11.1 Å². The van der Waals surface area contributed by atoms with E-state index in [4.69, 9.17) is 0 Å². The lowest BCUT2D eigenvalue weighted by atomic mass is 9.86. The fourth-order valence-electron chi connectivity index (χ4n) is 6.33. The van der Waals surface area contributed by atoms with Crippen LogP contribution in [0.1, 0.15) is 38.5 Å². The van der Waals surface area contributed by atoms with E-state index < -0.39 is 22.9 Å². The molecule has 0 aromatic heterocycles. The van der Waals surface area contributed by atoms with E-state index in [1.807, 2.05) is 12.1 Å². The van der Waals surface area contributed by atoms with Gasteiger partial charge in [-0.05, 0) is 55.9 Å². The van der Waals surface area contributed by atoms with E-state index in [-0.39, 0.29) is 61.8 Å². The number of fused-ring (bicyclic) bond motifs is 3. The number of halogens is 6. The molecule has 2 nitrogen and oxygen atoms in total. The van der Waals surface area contributed by atoms with Gasteiger partial charge in [0.05, 0.1) is 0 Å². The largest absolute Gasteiger partial charge is 0.400 e. The predicted octanol–water partition coefficient (Wildman–Crippen LogP) is 6.98. The normalized spacial score (nSPS) is 44.1. The van der Waals surface area contributed by atoms with Gasteiger partial charge in [0.2, 0.25) is 0 Å². The van der Waals surface area contributed by atoms with Crippen LogP contribution in [0, 0.1) is 34.5 Å². The summed E-state index contributed by atoms with van der Waals surface area (Å²) in [6.45, 7) is 0. The third-order valence-corrected chi connectivity index (χ3v) is 15.3. The fourth-order valence-corrected chi connectivity index (χ4v) is 13.9. The minimum absolute atomic E-state index is 0.00237. The van der Waals surface area contributed by atoms with Crippen molar-refractivity contribution in [1.29, 1.82) is 10.5 Å². The van der Waals surface area contributed by atoms with Gasteiger partial charge in [-0.15, -0.1) is 23.5 Å². The highest BCUT2D eigenvalue weighted by Gasteiger charge is 2.60. The Morgan fingerprint density at radius 3 is 1.38 bits per heavy atom. The van der Waals surface area contributed by atoms with Crippen molar-refractivity contribution in [2.75, 3.05) is 0 Å². The molecule has 1 aliphatic carbocycles. The second-order valence-corrected chi connectivity index (χ2v) is 15.3. The number of thioether (sulfide) groups is 4. The molecule has 0 bridgehead atoms. The predicted molar refractivity (Wildman–Crippen MR) is 126 cm³/mol. The summed E-state index contributed by atoms with van der Waals surface area (Å²) in [5.74, 6) is -0.00474. The van der Waals surface area contributed by atoms with Crippen molar-refractivity contribution in [2.45, 2.75) is 92.9 Å². The number of hydrogen-bond donors (Lipinski definition) is 0. The zero-order chi connectivity index (χ0) is 24.4. The Kier molecular flexibility index (Phi) is 6.88. The molecule has 12 heteroatoms. The molecule has 5 aliphatic rings. The minimum atomic E-state index is -4.20. The van der Waals surface area contributed by atoms with Gasteiger partial charge in [0.1, 0.15) is 28.2 Å². The van der Waals surface area contributed by atoms with Crippen molar-refractivity contribution in [3.63, 3.8) is 0 Å². The first-order valence-electron chi connectivity index (χ1n) is 11.3. The van der Waals surface area contributed by atoms with E-state index in [2.05, 4.69) is 0 Å². The molecular formula is C22H22F6N2S4. The van der Waals surface area contributed by atoms with Crippen LogP contribution >= 0.6 is 47.0 Å². The topological polar surface area (TPSA) is 47.6 Å². The molecular weight excluding hydrogens is 535 g/mol. The van der Waals surface area contributed by atoms with Gasteiger partial charge in [0.15, 0.2) is 0 Å². The molecule has 34 heavy (non-hydrogen) atoms. The molecule has 0 amide bonds. The standard InChI is InChI=1S/C22H22F6N2S4/c23-21(24,25)16-3-1-12(31-16)14-5-10-18(9(7-29)8-30)11-6-15(34-20(11)19(10)33-14)13-2-4-17(32-13)22(26,27)28/h10-17,19-20H,1-6H2. The average molecular weight is 557 g/mol. The van der Waals surface area contributed by atoms with Crippen LogP contribution in [0.3, 0.4) is 0 Å². The molecule has 10 unspecified atom stereocenters. The molecule has 1 saturated carbocycles. The first-order chi connectivity index (χ1) is 16.0. The lowest BCUT2D eigenvalue weighted by Crippen LogP contribution is -2.24. The van der Waals surface area contributed by atoms with E-state index in [0.29, 0.717) is 25.7 Å². The average Bonchev–Trinajstić information content (AvgIpc) is 3.54. The van der Waals surface area contributed by atoms with E-state index in [1.54, 1.807) is 23.5 Å². The van der Waals surface area contributed by atoms with Crippen LogP contribution < -0.4 is 0 Å². The maximum Gasteiger partial charge on any atom is 0.400 e. The maximum absolute atomic E-state index is 13.2. The molecule has 0 radical (unpaired) electrons. The zero-order valence-corrected chi connectivity index (χ0v) is 21.1. The molecule has 0 aromatic carbocycles. The van der Waals surface area contributed by atoms with Crippen molar-refractivity contribution in [3.8, 4) is 12.1 Å². The summed E-state index contributed by atoms with van der Waals surface area (Å²) in [5, 5.41) is 16.7. The summed E-state index contributed by atoms with van der Waals surface area (Å²) in [7, 11) is 0. The quantitative estimate of drug-likeness (QED) is 0.270. The summed E-state index contributed by atoms with van der Waals surface area (Å²) >= 11 is 5.45. The van der Waals surface area contributed by atoms with E-state index in [0.717, 1.165) is 29.1 Å². The molecule has 0 aromatic rings. The Morgan fingerprint density at radius 2 is 1.06 bits per heavy atom. The SMILES string of the molecule is N#CC(C#N)=C1C2CC(C3CCC(C(F)(F)F)S3)SC2C2SC(C3CCC(C(F)(F)F)S3)CC12. The zero-order valence-electron chi connectivity index (χ0n) is 17.8. The van der Waals surface area contributed by atoms with E-state index in [1.165, 1.54) is 0 Å². The van der Waals surface area contributed by atoms with E-state index in [9.17, 15) is 36.9 Å². The van der Waals surface area contributed by atoms with Crippen LogP contribution in [0.25, 0.3) is 0 Å². The third kappa shape index (κ3) is 4.48. The first-order valence-corrected chi connectivity index (χ1v) is 15.1. The highest BCUT2D eigenvalue weighted by atomic mass is 32.2. The van der Waals surface area contributed by atoms with Gasteiger partial charge in [-0.25, -0.2) is 0 Å². The van der Waals surface area contributed by atoms with Gasteiger partial charge in [0.25, 0.3) is 0 Å². The second-order valence-electron chi connectivity index (χ2n) is 9.58. The molecule has 5 rings (SSSR count). The molecule has 0 spiro atoms. The van der Waals surface area contributed by atoms with Crippen LogP contribution in [0.15, 0.2) is 11.1 Å². The number of rotatable bonds is 2. The molecule has 4 aliphatic heterocycles. The Bertz CT molecular complexity index is 866. The number of nitrogens with zero attached hydrogens (tertiary/aromatic N) is 2. The Balaban J connectivity index is 1.33. The molecule has 186 valence electrons. The van der Waals surface area contributed by atoms with Crippen molar-refractivity contribution in [1.82, 2.24) is 0 Å². The lowest BCUT2D eigenvalue weighted by molar-refractivity contribution is -0.129. The molecule has 0 N–H and O–H groups in total. The summed E-state index contributed by atoms with van der Waals surface area (Å²) in [5.41, 5.74) is 0.931. The third-order valence-electron chi connectivity index (χ3n) is 7.73. The second kappa shape index (κ2) is 9.22. The molecule has 4 saturated heterocycles. The molecule has 4 heterocycles. The number of allylic oxidation sites excluding steroid dienone is 2. The van der Waals surface area contributed by atoms with Gasteiger partial charge >= 0.3 is 12.4 Å². The first kappa shape index (κ1) is 25.4. The number of alkyl halides is 6. The lowest BCUT2D eigenvalue weighted by Gasteiger charge is -2.22. The Morgan fingerprint density at radius 1 is 0.647 bits per heavy atom.